The van der Waals surface area contributed by atoms with Gasteiger partial charge in [0.15, 0.2) is 0 Å². The molecule has 1 aromatic heterocycles. The number of aromatic nitrogens is 1. The van der Waals surface area contributed by atoms with Crippen molar-refractivity contribution < 1.29 is 4.74 Å². The topological polar surface area (TPSA) is 28.3 Å². The summed E-state index contributed by atoms with van der Waals surface area (Å²) in [6.45, 7) is 4.27. The number of ether oxygens (including phenoxy) is 1. The molecule has 0 spiro atoms. The highest BCUT2D eigenvalue weighted by Crippen LogP contribution is 2.60. The molecule has 0 aliphatic carbocycles. The minimum absolute atomic E-state index is 0.272. The van der Waals surface area contributed by atoms with Crippen molar-refractivity contribution in [2.24, 2.45) is 11.8 Å². The smallest absolute Gasteiger partial charge is 0.101 e. The maximum atomic E-state index is 6.36. The van der Waals surface area contributed by atoms with Gasteiger partial charge in [-0.1, -0.05) is 29.8 Å². The second-order valence-electron chi connectivity index (χ2n) is 7.30. The van der Waals surface area contributed by atoms with E-state index < -0.39 is 0 Å². The SMILES string of the molecule is CC=C1CN2[C@@H]3C4CO[C@@H]3c3c([nH]c5ccccc35)[C@@H]2C[C@H]14. The van der Waals surface area contributed by atoms with E-state index >= 15 is 0 Å². The van der Waals surface area contributed by atoms with E-state index in [4.69, 9.17) is 4.74 Å². The lowest BCUT2D eigenvalue weighted by molar-refractivity contribution is -0.0332. The molecular formula is C19H20N2O. The number of fused-ring (bicyclic) bond motifs is 5. The Balaban J connectivity index is 1.63. The average molecular weight is 292 g/mol. The van der Waals surface area contributed by atoms with Crippen molar-refractivity contribution in [2.75, 3.05) is 13.2 Å². The van der Waals surface area contributed by atoms with Gasteiger partial charge in [0.25, 0.3) is 0 Å². The Labute approximate surface area is 129 Å². The van der Waals surface area contributed by atoms with Crippen molar-refractivity contribution in [1.82, 2.24) is 9.88 Å². The van der Waals surface area contributed by atoms with E-state index in [1.807, 2.05) is 0 Å². The molecule has 7 rings (SSSR count). The molecule has 0 amide bonds. The molecule has 0 radical (unpaired) electrons. The molecular weight excluding hydrogens is 272 g/mol. The molecule has 4 bridgehead atoms. The number of hydrogen-bond acceptors (Lipinski definition) is 2. The Hall–Kier alpha value is -1.58. The van der Waals surface area contributed by atoms with Crippen LogP contribution in [0.2, 0.25) is 0 Å². The second kappa shape index (κ2) is 3.84. The molecule has 3 nitrogen and oxygen atoms in total. The number of benzene rings is 1. The molecule has 2 aromatic rings. The van der Waals surface area contributed by atoms with E-state index in [2.05, 4.69) is 47.1 Å². The minimum atomic E-state index is 0.272. The molecule has 6 atom stereocenters. The van der Waals surface area contributed by atoms with Crippen LogP contribution in [0.3, 0.4) is 0 Å². The standard InChI is InChI=1S/C19H20N2O/c1-2-10-8-21-15-7-12(10)13-9-22-19(18(13)21)16-11-5-3-4-6-14(11)20-17(15)16/h2-6,12-13,15,18-20H,7-9H2,1H3/t12-,13?,15+,18-,19-/m1/s1. The lowest BCUT2D eigenvalue weighted by Crippen LogP contribution is -2.59. The third-order valence-electron chi connectivity index (χ3n) is 6.60. The van der Waals surface area contributed by atoms with Crippen molar-refractivity contribution in [2.45, 2.75) is 31.5 Å². The third kappa shape index (κ3) is 1.19. The molecule has 112 valence electrons. The Bertz CT molecular complexity index is 820. The molecule has 5 aliphatic rings. The highest BCUT2D eigenvalue weighted by atomic mass is 16.5. The molecule has 1 aromatic carbocycles. The molecule has 5 aliphatic heterocycles. The molecule has 2 unspecified atom stereocenters. The van der Waals surface area contributed by atoms with E-state index in [0.717, 1.165) is 19.1 Å². The lowest BCUT2D eigenvalue weighted by Gasteiger charge is -2.56. The van der Waals surface area contributed by atoms with Gasteiger partial charge in [0.05, 0.1) is 12.6 Å². The van der Waals surface area contributed by atoms with Crippen LogP contribution in [0, 0.1) is 11.8 Å². The van der Waals surface area contributed by atoms with Gasteiger partial charge < -0.3 is 9.72 Å². The summed E-state index contributed by atoms with van der Waals surface area (Å²) in [5, 5.41) is 1.38. The maximum absolute atomic E-state index is 6.36. The largest absolute Gasteiger partial charge is 0.371 e. The van der Waals surface area contributed by atoms with Crippen LogP contribution < -0.4 is 0 Å². The van der Waals surface area contributed by atoms with Gasteiger partial charge in [-0.15, -0.1) is 0 Å². The number of allylic oxidation sites excluding steroid dienone is 1. The van der Waals surface area contributed by atoms with Gasteiger partial charge in [-0.25, -0.2) is 0 Å². The summed E-state index contributed by atoms with van der Waals surface area (Å²) in [5.41, 5.74) is 5.81. The van der Waals surface area contributed by atoms with Crippen LogP contribution in [-0.2, 0) is 4.74 Å². The zero-order chi connectivity index (χ0) is 14.4. The summed E-state index contributed by atoms with van der Waals surface area (Å²) in [4.78, 5) is 6.46. The summed E-state index contributed by atoms with van der Waals surface area (Å²) < 4.78 is 6.36. The average Bonchev–Trinajstić information content (AvgIpc) is 3.17. The summed E-state index contributed by atoms with van der Waals surface area (Å²) in [6.07, 6.45) is 3.88. The van der Waals surface area contributed by atoms with Crippen LogP contribution in [0.5, 0.6) is 0 Å². The minimum Gasteiger partial charge on any atom is -0.371 e. The summed E-state index contributed by atoms with van der Waals surface area (Å²) >= 11 is 0. The monoisotopic (exact) mass is 292 g/mol. The van der Waals surface area contributed by atoms with Crippen LogP contribution in [0.4, 0.5) is 0 Å². The van der Waals surface area contributed by atoms with Crippen molar-refractivity contribution >= 4 is 10.9 Å². The second-order valence-corrected chi connectivity index (χ2v) is 7.30. The first-order chi connectivity index (χ1) is 10.9. The Kier molecular flexibility index (Phi) is 2.08. The Morgan fingerprint density at radius 1 is 1.32 bits per heavy atom. The Morgan fingerprint density at radius 3 is 3.14 bits per heavy atom. The molecule has 3 heteroatoms. The number of hydrogen-bond donors (Lipinski definition) is 1. The zero-order valence-electron chi connectivity index (χ0n) is 12.8. The summed E-state index contributed by atoms with van der Waals surface area (Å²) in [5.74, 6) is 1.43. The van der Waals surface area contributed by atoms with Crippen LogP contribution in [-0.4, -0.2) is 29.1 Å². The van der Waals surface area contributed by atoms with Gasteiger partial charge >= 0.3 is 0 Å². The fourth-order valence-corrected chi connectivity index (χ4v) is 5.74. The van der Waals surface area contributed by atoms with Gasteiger partial charge in [-0.3, -0.25) is 4.90 Å². The van der Waals surface area contributed by atoms with Crippen molar-refractivity contribution in [3.8, 4) is 0 Å². The van der Waals surface area contributed by atoms with Crippen LogP contribution in [0.1, 0.15) is 36.7 Å². The van der Waals surface area contributed by atoms with Gasteiger partial charge in [0.1, 0.15) is 6.10 Å². The predicted octanol–water partition coefficient (Wildman–Crippen LogP) is 3.56. The van der Waals surface area contributed by atoms with E-state index in [9.17, 15) is 0 Å². The molecule has 4 fully saturated rings. The zero-order valence-corrected chi connectivity index (χ0v) is 12.8. The molecule has 1 N–H and O–H groups in total. The molecule has 22 heavy (non-hydrogen) atoms. The number of nitrogens with zero attached hydrogens (tertiary/aromatic N) is 1. The number of piperidine rings is 3. The van der Waals surface area contributed by atoms with Gasteiger partial charge in [0, 0.05) is 40.7 Å². The number of aromatic amines is 1. The summed E-state index contributed by atoms with van der Waals surface area (Å²) in [6, 6.07) is 9.90. The molecule has 6 heterocycles. The quantitative estimate of drug-likeness (QED) is 0.752. The molecule has 0 saturated carbocycles. The van der Waals surface area contributed by atoms with Gasteiger partial charge in [-0.2, -0.15) is 0 Å². The van der Waals surface area contributed by atoms with Gasteiger partial charge in [-0.05, 0) is 25.3 Å². The van der Waals surface area contributed by atoms with E-state index in [-0.39, 0.29) is 6.10 Å². The number of H-pyrrole nitrogens is 1. The number of rotatable bonds is 0. The van der Waals surface area contributed by atoms with Crippen LogP contribution >= 0.6 is 0 Å². The van der Waals surface area contributed by atoms with E-state index in [1.165, 1.54) is 28.6 Å². The van der Waals surface area contributed by atoms with E-state index in [0.29, 0.717) is 18.0 Å². The maximum Gasteiger partial charge on any atom is 0.101 e. The van der Waals surface area contributed by atoms with Crippen molar-refractivity contribution in [1.29, 1.82) is 0 Å². The van der Waals surface area contributed by atoms with Crippen molar-refractivity contribution in [3.63, 3.8) is 0 Å². The molecule has 4 saturated heterocycles. The van der Waals surface area contributed by atoms with E-state index in [1.54, 1.807) is 5.57 Å². The highest BCUT2D eigenvalue weighted by molar-refractivity contribution is 5.86. The highest BCUT2D eigenvalue weighted by Gasteiger charge is 2.59. The normalized spacial score (nSPS) is 43.0. The third-order valence-corrected chi connectivity index (χ3v) is 6.60. The first kappa shape index (κ1) is 11.9. The predicted molar refractivity (Wildman–Crippen MR) is 85.6 cm³/mol. The van der Waals surface area contributed by atoms with Gasteiger partial charge in [0.2, 0.25) is 0 Å². The van der Waals surface area contributed by atoms with Crippen LogP contribution in [0.25, 0.3) is 10.9 Å². The first-order valence-electron chi connectivity index (χ1n) is 8.49. The number of nitrogens with one attached hydrogen (secondary N) is 1. The van der Waals surface area contributed by atoms with Crippen molar-refractivity contribution in [3.05, 3.63) is 47.2 Å². The number of para-hydroxylation sites is 1. The lowest BCUT2D eigenvalue weighted by atomic mass is 9.64. The van der Waals surface area contributed by atoms with Crippen LogP contribution in [0.15, 0.2) is 35.9 Å². The summed E-state index contributed by atoms with van der Waals surface area (Å²) in [7, 11) is 0. The fraction of sp³-hybridized carbons (Fsp3) is 0.474. The fourth-order valence-electron chi connectivity index (χ4n) is 5.74. The first-order valence-corrected chi connectivity index (χ1v) is 8.49. The Morgan fingerprint density at radius 2 is 2.23 bits per heavy atom.